The van der Waals surface area contributed by atoms with Crippen LogP contribution >= 0.6 is 7.82 Å². The van der Waals surface area contributed by atoms with Gasteiger partial charge in [-0.1, -0.05) is 145 Å². The third kappa shape index (κ3) is 30.5. The average Bonchev–Trinajstić information content (AvgIpc) is 3.27. The maximum Gasteiger partial charge on any atom is 0.472 e. The summed E-state index contributed by atoms with van der Waals surface area (Å²) in [5, 5.41) is 60.3. The predicted molar refractivity (Wildman–Crippen MR) is 250 cm³/mol. The zero-order chi connectivity index (χ0) is 47.3. The second kappa shape index (κ2) is 38.4. The minimum Gasteiger partial charge on any atom is -0.462 e. The summed E-state index contributed by atoms with van der Waals surface area (Å²) in [6.07, 6.45) is 31.1. The Bertz CT molecular complexity index is 1410. The summed E-state index contributed by atoms with van der Waals surface area (Å²) in [5.41, 5.74) is 0. The summed E-state index contributed by atoms with van der Waals surface area (Å²) in [4.78, 5) is 35.7. The van der Waals surface area contributed by atoms with E-state index in [0.29, 0.717) is 32.1 Å². The lowest BCUT2D eigenvalue weighted by Gasteiger charge is -2.41. The van der Waals surface area contributed by atoms with Gasteiger partial charge in [0.2, 0.25) is 0 Å². The molecule has 0 radical (unpaired) electrons. The van der Waals surface area contributed by atoms with E-state index in [1.165, 1.54) is 38.5 Å². The third-order valence-corrected chi connectivity index (χ3v) is 11.6. The Morgan fingerprint density at radius 1 is 0.562 bits per heavy atom. The van der Waals surface area contributed by atoms with E-state index in [9.17, 15) is 49.7 Å². The van der Waals surface area contributed by atoms with Crippen molar-refractivity contribution in [2.45, 2.75) is 210 Å². The molecule has 0 spiro atoms. The van der Waals surface area contributed by atoms with Crippen molar-refractivity contribution in [1.82, 2.24) is 0 Å². The predicted octanol–water partition coefficient (Wildman–Crippen LogP) is 8.47. The highest BCUT2D eigenvalue weighted by Gasteiger charge is 2.51. The quantitative estimate of drug-likeness (QED) is 0.0101. The van der Waals surface area contributed by atoms with Crippen LogP contribution in [-0.2, 0) is 32.7 Å². The van der Waals surface area contributed by atoms with Crippen LogP contribution in [-0.4, -0.2) is 110 Å². The minimum atomic E-state index is -5.16. The van der Waals surface area contributed by atoms with Gasteiger partial charge in [0, 0.05) is 12.8 Å². The number of hydrogen-bond donors (Lipinski definition) is 7. The largest absolute Gasteiger partial charge is 0.472 e. The van der Waals surface area contributed by atoms with Crippen LogP contribution < -0.4 is 0 Å². The minimum absolute atomic E-state index is 0.0183. The van der Waals surface area contributed by atoms with Crippen LogP contribution in [0.5, 0.6) is 0 Å². The Hall–Kier alpha value is -2.75. The summed E-state index contributed by atoms with van der Waals surface area (Å²) in [6.45, 7) is 3.11. The van der Waals surface area contributed by atoms with Gasteiger partial charge in [-0.3, -0.25) is 18.6 Å². The van der Waals surface area contributed by atoms with Gasteiger partial charge in [0.1, 0.15) is 43.2 Å². The molecule has 3 unspecified atom stereocenters. The van der Waals surface area contributed by atoms with E-state index in [1.54, 1.807) is 6.08 Å². The van der Waals surface area contributed by atoms with E-state index in [1.807, 2.05) is 36.5 Å². The Morgan fingerprint density at radius 2 is 1.05 bits per heavy atom. The van der Waals surface area contributed by atoms with Gasteiger partial charge in [-0.05, 0) is 77.0 Å². The molecule has 1 aliphatic rings. The van der Waals surface area contributed by atoms with E-state index >= 15 is 0 Å². The molecule has 0 heterocycles. The molecule has 7 N–H and O–H groups in total. The summed E-state index contributed by atoms with van der Waals surface area (Å²) >= 11 is 0. The van der Waals surface area contributed by atoms with Crippen LogP contribution in [0.2, 0.25) is 0 Å². The molecule has 368 valence electrons. The second-order valence-electron chi connectivity index (χ2n) is 16.5. The van der Waals surface area contributed by atoms with E-state index in [2.05, 4.69) is 44.2 Å². The molecule has 1 rings (SSSR count). The number of rotatable bonds is 38. The van der Waals surface area contributed by atoms with Crippen molar-refractivity contribution in [3.63, 3.8) is 0 Å². The molecular formula is C49H83O14P. The molecule has 0 bridgehead atoms. The second-order valence-corrected chi connectivity index (χ2v) is 17.9. The van der Waals surface area contributed by atoms with Crippen molar-refractivity contribution in [2.24, 2.45) is 0 Å². The topological polar surface area (TPSA) is 230 Å². The van der Waals surface area contributed by atoms with E-state index in [-0.39, 0.29) is 12.8 Å². The lowest BCUT2D eigenvalue weighted by molar-refractivity contribution is -0.220. The smallest absolute Gasteiger partial charge is 0.462 e. The van der Waals surface area contributed by atoms with Crippen LogP contribution in [0.4, 0.5) is 0 Å². The number of esters is 2. The van der Waals surface area contributed by atoms with Crippen molar-refractivity contribution in [3.8, 4) is 0 Å². The third-order valence-electron chi connectivity index (χ3n) is 10.6. The molecule has 9 atom stereocenters. The SMILES string of the molecule is CCCCC/C=C\C=C/[C@H](O)C/C=C\C/C=C/CCCC(=O)O[C@H](COC(=O)CCCCCCCCC/C=C\C/C=C\CCCCC)COP(=O)(O)OC1[C@H](O)[C@H](O)C(O)[C@H](O)[C@H]1O. The van der Waals surface area contributed by atoms with Crippen LogP contribution in [0.25, 0.3) is 0 Å². The highest BCUT2D eigenvalue weighted by atomic mass is 31.2. The van der Waals surface area contributed by atoms with Crippen LogP contribution in [0.1, 0.15) is 162 Å². The Labute approximate surface area is 383 Å². The van der Waals surface area contributed by atoms with Crippen LogP contribution in [0, 0.1) is 0 Å². The van der Waals surface area contributed by atoms with Crippen molar-refractivity contribution in [3.05, 3.63) is 72.9 Å². The number of phosphoric ester groups is 1. The first kappa shape index (κ1) is 59.3. The van der Waals surface area contributed by atoms with Gasteiger partial charge in [0.15, 0.2) is 6.10 Å². The molecule has 1 fully saturated rings. The molecule has 1 saturated carbocycles. The number of phosphoric acid groups is 1. The molecule has 0 saturated heterocycles. The zero-order valence-corrected chi connectivity index (χ0v) is 39.6. The fourth-order valence-corrected chi connectivity index (χ4v) is 7.66. The van der Waals surface area contributed by atoms with Gasteiger partial charge in [-0.25, -0.2) is 4.57 Å². The fraction of sp³-hybridized carbons (Fsp3) is 0.714. The number of allylic oxidation sites excluding steroid dienone is 10. The Kier molecular flexibility index (Phi) is 35.5. The Morgan fingerprint density at radius 3 is 1.64 bits per heavy atom. The summed E-state index contributed by atoms with van der Waals surface area (Å²) in [7, 11) is -5.16. The summed E-state index contributed by atoms with van der Waals surface area (Å²) < 4.78 is 33.4. The zero-order valence-electron chi connectivity index (χ0n) is 38.7. The number of carbonyl (C=O) groups is 2. The van der Waals surface area contributed by atoms with Crippen molar-refractivity contribution >= 4 is 19.8 Å². The monoisotopic (exact) mass is 927 g/mol. The first-order valence-corrected chi connectivity index (χ1v) is 25.3. The van der Waals surface area contributed by atoms with E-state index in [0.717, 1.165) is 64.2 Å². The summed E-state index contributed by atoms with van der Waals surface area (Å²) in [6, 6.07) is 0. The van der Waals surface area contributed by atoms with Crippen molar-refractivity contribution < 1.29 is 68.2 Å². The van der Waals surface area contributed by atoms with Gasteiger partial charge in [0.05, 0.1) is 12.7 Å². The van der Waals surface area contributed by atoms with Crippen LogP contribution in [0.3, 0.4) is 0 Å². The number of aliphatic hydroxyl groups excluding tert-OH is 6. The average molecular weight is 927 g/mol. The molecule has 1 aliphatic carbocycles. The van der Waals surface area contributed by atoms with Crippen LogP contribution in [0.15, 0.2) is 72.9 Å². The van der Waals surface area contributed by atoms with Gasteiger partial charge < -0.3 is 45.0 Å². The number of unbranched alkanes of at least 4 members (excludes halogenated alkanes) is 14. The van der Waals surface area contributed by atoms with Gasteiger partial charge in [-0.15, -0.1) is 0 Å². The lowest BCUT2D eigenvalue weighted by atomic mass is 9.85. The molecule has 0 aromatic heterocycles. The normalized spacial score (nSPS) is 22.7. The van der Waals surface area contributed by atoms with Gasteiger partial charge in [-0.2, -0.15) is 0 Å². The van der Waals surface area contributed by atoms with Gasteiger partial charge in [0.25, 0.3) is 0 Å². The molecule has 15 heteroatoms. The summed E-state index contributed by atoms with van der Waals surface area (Å²) in [5.74, 6) is -1.22. The highest BCUT2D eigenvalue weighted by Crippen LogP contribution is 2.47. The number of carbonyl (C=O) groups excluding carboxylic acids is 2. The molecule has 0 aromatic carbocycles. The molecule has 0 aliphatic heterocycles. The van der Waals surface area contributed by atoms with Crippen molar-refractivity contribution in [2.75, 3.05) is 13.2 Å². The van der Waals surface area contributed by atoms with Gasteiger partial charge >= 0.3 is 19.8 Å². The first-order valence-electron chi connectivity index (χ1n) is 23.8. The lowest BCUT2D eigenvalue weighted by Crippen LogP contribution is -2.64. The van der Waals surface area contributed by atoms with E-state index < -0.39 is 81.8 Å². The molecule has 14 nitrogen and oxygen atoms in total. The van der Waals surface area contributed by atoms with Crippen molar-refractivity contribution in [1.29, 1.82) is 0 Å². The molecule has 0 aromatic rings. The number of ether oxygens (including phenoxy) is 2. The molecule has 0 amide bonds. The highest BCUT2D eigenvalue weighted by molar-refractivity contribution is 7.47. The standard InChI is InChI=1S/C49H83O14P/c1-3-5-7-9-11-12-13-14-15-16-17-18-19-20-24-28-32-36-42(51)60-38-41(39-61-64(58,59)63-49-47(56)45(54)44(53)46(55)48(49)57)62-43(52)37-33-29-25-21-23-27-31-35-40(50)34-30-26-22-10-8-6-4-2/h11-12,14-15,21-22,25-27,30-31,34,40-41,44-50,53-57H,3-10,13,16-20,23-24,28-29,32-33,35-39H2,1-2H3,(H,58,59)/b12-11-,15-14-,25-21+,26-22-,31-27-,34-30-/t40-,41+,44?,45-,46+,47+,48+,49?/m0/s1. The van der Waals surface area contributed by atoms with E-state index in [4.69, 9.17) is 18.5 Å². The maximum absolute atomic E-state index is 12.8. The Balaban J connectivity index is 2.53. The first-order chi connectivity index (χ1) is 30.8. The maximum atomic E-state index is 12.8. The molecule has 64 heavy (non-hydrogen) atoms. The molecular weight excluding hydrogens is 843 g/mol. The number of hydrogen-bond acceptors (Lipinski definition) is 13. The number of aliphatic hydroxyl groups is 6. The fourth-order valence-electron chi connectivity index (χ4n) is 6.68.